The number of carbonyl (C=O) groups excluding carboxylic acids is 2. The van der Waals surface area contributed by atoms with Gasteiger partial charge in [0.25, 0.3) is 5.91 Å². The first kappa shape index (κ1) is 23.5. The number of anilines is 2. The lowest BCUT2D eigenvalue weighted by molar-refractivity contribution is -0.127. The normalized spacial score (nSPS) is 18.8. The zero-order chi connectivity index (χ0) is 23.1. The number of hydrogen-bond donors (Lipinski definition) is 4. The van der Waals surface area contributed by atoms with Crippen LogP contribution in [0.5, 0.6) is 5.75 Å². The van der Waals surface area contributed by atoms with Crippen LogP contribution in [0.2, 0.25) is 0 Å². The van der Waals surface area contributed by atoms with Crippen molar-refractivity contribution in [2.24, 2.45) is 5.92 Å². The summed E-state index contributed by atoms with van der Waals surface area (Å²) in [7, 11) is 1.59. The van der Waals surface area contributed by atoms with Gasteiger partial charge in [-0.25, -0.2) is 4.98 Å². The number of nitrogens with one attached hydrogen (secondary N) is 3. The Hall–Kier alpha value is -3.17. The summed E-state index contributed by atoms with van der Waals surface area (Å²) in [5, 5.41) is 18.6. The fourth-order valence-electron chi connectivity index (χ4n) is 3.44. The Morgan fingerprint density at radius 2 is 2.00 bits per heavy atom. The number of hydrogen-bond acceptors (Lipinski definition) is 7. The molecule has 1 aromatic carbocycles. The predicted molar refractivity (Wildman–Crippen MR) is 120 cm³/mol. The molecule has 1 aliphatic rings. The summed E-state index contributed by atoms with van der Waals surface area (Å²) < 4.78 is 10.3. The minimum absolute atomic E-state index is 0.168. The third-order valence-corrected chi connectivity index (χ3v) is 5.12. The van der Waals surface area contributed by atoms with Crippen LogP contribution in [0.3, 0.4) is 0 Å². The monoisotopic (exact) mass is 442 g/mol. The Morgan fingerprint density at radius 1 is 1.25 bits per heavy atom. The van der Waals surface area contributed by atoms with E-state index in [0.717, 1.165) is 11.4 Å². The lowest BCUT2D eigenvalue weighted by Crippen LogP contribution is -2.51. The van der Waals surface area contributed by atoms with E-state index < -0.39 is 24.3 Å². The number of ether oxygens (including phenoxy) is 2. The number of nitrogens with zero attached hydrogens (tertiary/aromatic N) is 1. The van der Waals surface area contributed by atoms with Crippen LogP contribution >= 0.6 is 0 Å². The Balaban J connectivity index is 1.73. The molecule has 172 valence electrons. The van der Waals surface area contributed by atoms with Gasteiger partial charge in [0.05, 0.1) is 25.3 Å². The summed E-state index contributed by atoms with van der Waals surface area (Å²) in [6.07, 6.45) is 1.52. The van der Waals surface area contributed by atoms with Gasteiger partial charge in [-0.3, -0.25) is 9.59 Å². The molecular weight excluding hydrogens is 412 g/mol. The van der Waals surface area contributed by atoms with Gasteiger partial charge in [0.15, 0.2) is 6.29 Å². The molecule has 1 fully saturated rings. The van der Waals surface area contributed by atoms with Gasteiger partial charge < -0.3 is 30.5 Å². The molecule has 9 heteroatoms. The van der Waals surface area contributed by atoms with E-state index in [2.05, 4.69) is 20.9 Å². The first-order valence-electron chi connectivity index (χ1n) is 10.6. The molecule has 1 aliphatic heterocycles. The third kappa shape index (κ3) is 6.18. The maximum Gasteiger partial charge on any atom is 0.255 e. The van der Waals surface area contributed by atoms with Crippen molar-refractivity contribution in [2.45, 2.75) is 45.1 Å². The maximum atomic E-state index is 13.1. The number of aliphatic hydroxyl groups excluding tert-OH is 1. The molecule has 1 saturated heterocycles. The van der Waals surface area contributed by atoms with Crippen LogP contribution < -0.4 is 20.7 Å². The predicted octanol–water partition coefficient (Wildman–Crippen LogP) is 2.20. The molecule has 2 heterocycles. The zero-order valence-electron chi connectivity index (χ0n) is 18.5. The minimum atomic E-state index is -1.03. The SMILES string of the molecule is COc1ccc(Nc2ncccc2C(=O)NC(CC(C)C)C(=O)N[C@H]2CCO[C@@H]2O)cc1. The van der Waals surface area contributed by atoms with Crippen LogP contribution in [0.1, 0.15) is 37.0 Å². The topological polar surface area (TPSA) is 122 Å². The lowest BCUT2D eigenvalue weighted by atomic mass is 10.0. The van der Waals surface area contributed by atoms with Crippen LogP contribution in [0.4, 0.5) is 11.5 Å². The molecule has 0 bridgehead atoms. The molecule has 3 atom stereocenters. The van der Waals surface area contributed by atoms with E-state index in [0.29, 0.717) is 30.8 Å². The summed E-state index contributed by atoms with van der Waals surface area (Å²) in [6, 6.07) is 9.30. The van der Waals surface area contributed by atoms with Crippen LogP contribution in [-0.4, -0.2) is 54.0 Å². The molecule has 0 radical (unpaired) electrons. The number of aliphatic hydroxyl groups is 1. The van der Waals surface area contributed by atoms with Crippen molar-refractivity contribution in [1.82, 2.24) is 15.6 Å². The molecule has 3 rings (SSSR count). The van der Waals surface area contributed by atoms with Crippen LogP contribution in [0.25, 0.3) is 0 Å². The van der Waals surface area contributed by atoms with Crippen molar-refractivity contribution in [3.05, 3.63) is 48.2 Å². The fraction of sp³-hybridized carbons (Fsp3) is 0.435. The zero-order valence-corrected chi connectivity index (χ0v) is 18.5. The second kappa shape index (κ2) is 10.9. The van der Waals surface area contributed by atoms with Crippen molar-refractivity contribution in [3.8, 4) is 5.75 Å². The second-order valence-electron chi connectivity index (χ2n) is 8.07. The van der Waals surface area contributed by atoms with Gasteiger partial charge in [0, 0.05) is 11.9 Å². The summed E-state index contributed by atoms with van der Waals surface area (Å²) >= 11 is 0. The Bertz CT molecular complexity index is 919. The van der Waals surface area contributed by atoms with Gasteiger partial charge in [0.2, 0.25) is 5.91 Å². The molecule has 32 heavy (non-hydrogen) atoms. The van der Waals surface area contributed by atoms with E-state index >= 15 is 0 Å². The van der Waals surface area contributed by atoms with Gasteiger partial charge in [-0.2, -0.15) is 0 Å². The van der Waals surface area contributed by atoms with Crippen LogP contribution in [0.15, 0.2) is 42.6 Å². The molecule has 0 spiro atoms. The van der Waals surface area contributed by atoms with E-state index in [1.165, 1.54) is 0 Å². The van der Waals surface area contributed by atoms with Gasteiger partial charge in [-0.15, -0.1) is 0 Å². The Labute approximate surface area is 187 Å². The first-order valence-corrected chi connectivity index (χ1v) is 10.6. The fourth-order valence-corrected chi connectivity index (χ4v) is 3.44. The molecule has 0 saturated carbocycles. The number of aromatic nitrogens is 1. The number of methoxy groups -OCH3 is 1. The number of rotatable bonds is 9. The van der Waals surface area contributed by atoms with Crippen molar-refractivity contribution in [1.29, 1.82) is 0 Å². The molecular formula is C23H30N4O5. The molecule has 2 amide bonds. The van der Waals surface area contributed by atoms with Crippen LogP contribution in [-0.2, 0) is 9.53 Å². The third-order valence-electron chi connectivity index (χ3n) is 5.12. The highest BCUT2D eigenvalue weighted by Crippen LogP contribution is 2.21. The summed E-state index contributed by atoms with van der Waals surface area (Å²) in [4.78, 5) is 30.2. The van der Waals surface area contributed by atoms with E-state index in [1.807, 2.05) is 26.0 Å². The molecule has 4 N–H and O–H groups in total. The smallest absolute Gasteiger partial charge is 0.255 e. The summed E-state index contributed by atoms with van der Waals surface area (Å²) in [5.41, 5.74) is 1.05. The van der Waals surface area contributed by atoms with E-state index in [1.54, 1.807) is 37.6 Å². The van der Waals surface area contributed by atoms with Gasteiger partial charge >= 0.3 is 0 Å². The number of benzene rings is 1. The minimum Gasteiger partial charge on any atom is -0.497 e. The average Bonchev–Trinajstić information content (AvgIpc) is 3.18. The lowest BCUT2D eigenvalue weighted by Gasteiger charge is -2.23. The summed E-state index contributed by atoms with van der Waals surface area (Å²) in [5.74, 6) is 0.489. The molecule has 0 aliphatic carbocycles. The Kier molecular flexibility index (Phi) is 8.02. The highest BCUT2D eigenvalue weighted by atomic mass is 16.6. The van der Waals surface area contributed by atoms with Gasteiger partial charge in [-0.1, -0.05) is 13.8 Å². The van der Waals surface area contributed by atoms with E-state index in [9.17, 15) is 14.7 Å². The van der Waals surface area contributed by atoms with E-state index in [4.69, 9.17) is 9.47 Å². The largest absolute Gasteiger partial charge is 0.497 e. The highest BCUT2D eigenvalue weighted by molar-refractivity contribution is 6.01. The van der Waals surface area contributed by atoms with Crippen molar-refractivity contribution < 1.29 is 24.2 Å². The molecule has 1 aromatic heterocycles. The van der Waals surface area contributed by atoms with Crippen molar-refractivity contribution >= 4 is 23.3 Å². The number of carbonyl (C=O) groups is 2. The standard InChI is InChI=1S/C23H30N4O5/c1-14(2)13-19(22(29)26-18-10-12-32-23(18)30)27-21(28)17-5-4-11-24-20(17)25-15-6-8-16(31-3)9-7-15/h4-9,11,14,18-19,23,30H,10,12-13H2,1-3H3,(H,24,25)(H,26,29)(H,27,28)/t18-,19?,23-/m0/s1. The van der Waals surface area contributed by atoms with Crippen LogP contribution in [0, 0.1) is 5.92 Å². The number of pyridine rings is 1. The van der Waals surface area contributed by atoms with E-state index in [-0.39, 0.29) is 11.8 Å². The van der Waals surface area contributed by atoms with Crippen molar-refractivity contribution in [3.63, 3.8) is 0 Å². The van der Waals surface area contributed by atoms with Gasteiger partial charge in [-0.05, 0) is 55.2 Å². The maximum absolute atomic E-state index is 13.1. The first-order chi connectivity index (χ1) is 15.4. The molecule has 2 aromatic rings. The highest BCUT2D eigenvalue weighted by Gasteiger charge is 2.31. The second-order valence-corrected chi connectivity index (χ2v) is 8.07. The Morgan fingerprint density at radius 3 is 2.62 bits per heavy atom. The summed E-state index contributed by atoms with van der Waals surface area (Å²) in [6.45, 7) is 4.32. The molecule has 1 unspecified atom stereocenters. The number of amides is 2. The molecule has 9 nitrogen and oxygen atoms in total. The average molecular weight is 443 g/mol. The quantitative estimate of drug-likeness (QED) is 0.470. The van der Waals surface area contributed by atoms with Gasteiger partial charge in [0.1, 0.15) is 17.6 Å². The van der Waals surface area contributed by atoms with Crippen molar-refractivity contribution in [2.75, 3.05) is 19.0 Å².